The van der Waals surface area contributed by atoms with Gasteiger partial charge in [-0.15, -0.1) is 0 Å². The van der Waals surface area contributed by atoms with E-state index in [1.807, 2.05) is 31.2 Å². The predicted octanol–water partition coefficient (Wildman–Crippen LogP) is 2.81. The molecule has 2 N–H and O–H groups in total. The molecule has 0 unspecified atom stereocenters. The van der Waals surface area contributed by atoms with E-state index in [1.165, 1.54) is 0 Å². The van der Waals surface area contributed by atoms with Crippen LogP contribution >= 0.6 is 0 Å². The maximum absolute atomic E-state index is 12.6. The quantitative estimate of drug-likeness (QED) is 0.887. The number of anilines is 1. The van der Waals surface area contributed by atoms with Crippen LogP contribution in [-0.2, 0) is 9.59 Å². The van der Waals surface area contributed by atoms with E-state index in [1.54, 1.807) is 17.3 Å². The second kappa shape index (κ2) is 7.29. The second-order valence-electron chi connectivity index (χ2n) is 6.00. The molecule has 0 bridgehead atoms. The van der Waals surface area contributed by atoms with Crippen molar-refractivity contribution in [2.45, 2.75) is 38.6 Å². The minimum Gasteiger partial charge on any atom is -0.345 e. The smallest absolute Gasteiger partial charge is 0.247 e. The van der Waals surface area contributed by atoms with Gasteiger partial charge >= 0.3 is 0 Å². The Hall–Kier alpha value is -2.63. The number of hydrogen-bond acceptors (Lipinski definition) is 3. The lowest BCUT2D eigenvalue weighted by Crippen LogP contribution is -2.43. The number of hydrogen-bond donors (Lipinski definition) is 2. The lowest BCUT2D eigenvalue weighted by molar-refractivity contribution is -0.136. The van der Waals surface area contributed by atoms with Gasteiger partial charge in [0.1, 0.15) is 11.9 Å². The zero-order valence-electron chi connectivity index (χ0n) is 13.8. The van der Waals surface area contributed by atoms with Gasteiger partial charge in [-0.1, -0.05) is 19.1 Å². The molecule has 1 aliphatic rings. The van der Waals surface area contributed by atoms with Crippen LogP contribution in [0.25, 0.3) is 11.4 Å². The SMILES string of the molecule is CCCC(=O)N1CCC[C@@H]1C(=O)Nc1cccc(-c2ncc[nH]2)c1. The van der Waals surface area contributed by atoms with E-state index in [9.17, 15) is 9.59 Å². The average molecular weight is 326 g/mol. The van der Waals surface area contributed by atoms with Crippen LogP contribution < -0.4 is 5.32 Å². The van der Waals surface area contributed by atoms with Crippen LogP contribution in [0.15, 0.2) is 36.7 Å². The third kappa shape index (κ3) is 3.48. The highest BCUT2D eigenvalue weighted by Gasteiger charge is 2.33. The Morgan fingerprint density at radius 1 is 1.42 bits per heavy atom. The van der Waals surface area contributed by atoms with Crippen LogP contribution in [0.3, 0.4) is 0 Å². The third-order valence-electron chi connectivity index (χ3n) is 4.24. The summed E-state index contributed by atoms with van der Waals surface area (Å²) in [6.45, 7) is 2.65. The molecule has 24 heavy (non-hydrogen) atoms. The number of rotatable bonds is 5. The fraction of sp³-hybridized carbons (Fsp3) is 0.389. The summed E-state index contributed by atoms with van der Waals surface area (Å²) in [5.41, 5.74) is 1.62. The van der Waals surface area contributed by atoms with Crippen molar-refractivity contribution in [1.82, 2.24) is 14.9 Å². The minimum atomic E-state index is -0.365. The van der Waals surface area contributed by atoms with Crippen molar-refractivity contribution in [2.24, 2.45) is 0 Å². The van der Waals surface area contributed by atoms with Gasteiger partial charge in [-0.25, -0.2) is 4.98 Å². The van der Waals surface area contributed by atoms with Gasteiger partial charge in [0, 0.05) is 36.6 Å². The van der Waals surface area contributed by atoms with E-state index < -0.39 is 0 Å². The molecular formula is C18H22N4O2. The van der Waals surface area contributed by atoms with Crippen LogP contribution in [0.1, 0.15) is 32.6 Å². The first-order valence-corrected chi connectivity index (χ1v) is 8.39. The topological polar surface area (TPSA) is 78.1 Å². The minimum absolute atomic E-state index is 0.0690. The van der Waals surface area contributed by atoms with Crippen LogP contribution in [0.2, 0.25) is 0 Å². The Morgan fingerprint density at radius 3 is 3.04 bits per heavy atom. The normalized spacial score (nSPS) is 17.0. The van der Waals surface area contributed by atoms with Gasteiger partial charge in [0.15, 0.2) is 0 Å². The maximum Gasteiger partial charge on any atom is 0.247 e. The Morgan fingerprint density at radius 2 is 2.29 bits per heavy atom. The summed E-state index contributed by atoms with van der Waals surface area (Å²) in [4.78, 5) is 33.7. The third-order valence-corrected chi connectivity index (χ3v) is 4.24. The number of carbonyl (C=O) groups is 2. The molecule has 0 saturated carbocycles. The molecule has 2 heterocycles. The number of carbonyl (C=O) groups excluding carboxylic acids is 2. The van der Waals surface area contributed by atoms with Crippen molar-refractivity contribution in [3.05, 3.63) is 36.7 Å². The number of imidazole rings is 1. The molecule has 1 atom stereocenters. The second-order valence-corrected chi connectivity index (χ2v) is 6.00. The van der Waals surface area contributed by atoms with E-state index >= 15 is 0 Å². The van der Waals surface area contributed by atoms with Crippen LogP contribution in [0, 0.1) is 0 Å². The molecule has 2 aromatic rings. The fourth-order valence-electron chi connectivity index (χ4n) is 3.09. The number of nitrogens with one attached hydrogen (secondary N) is 2. The highest BCUT2D eigenvalue weighted by atomic mass is 16.2. The van der Waals surface area contributed by atoms with E-state index in [0.29, 0.717) is 18.7 Å². The summed E-state index contributed by atoms with van der Waals surface area (Å²) in [5, 5.41) is 2.94. The lowest BCUT2D eigenvalue weighted by atomic mass is 10.1. The first-order chi connectivity index (χ1) is 11.7. The summed E-state index contributed by atoms with van der Waals surface area (Å²) in [5.74, 6) is 0.708. The number of nitrogens with zero attached hydrogens (tertiary/aromatic N) is 2. The van der Waals surface area contributed by atoms with Gasteiger partial charge in [0.2, 0.25) is 11.8 Å². The van der Waals surface area contributed by atoms with Crippen molar-refractivity contribution in [3.63, 3.8) is 0 Å². The monoisotopic (exact) mass is 326 g/mol. The molecule has 1 saturated heterocycles. The molecule has 0 radical (unpaired) electrons. The Kier molecular flexibility index (Phi) is 4.93. The van der Waals surface area contributed by atoms with Crippen molar-refractivity contribution < 1.29 is 9.59 Å². The zero-order chi connectivity index (χ0) is 16.9. The highest BCUT2D eigenvalue weighted by molar-refractivity contribution is 5.97. The molecule has 6 nitrogen and oxygen atoms in total. The molecule has 0 spiro atoms. The first kappa shape index (κ1) is 16.2. The standard InChI is InChI=1S/C18H22N4O2/c1-2-5-16(23)22-11-4-8-15(22)18(24)21-14-7-3-6-13(12-14)17-19-9-10-20-17/h3,6-7,9-10,12,15H,2,4-5,8,11H2,1H3,(H,19,20)(H,21,24)/t15-/m1/s1. The summed E-state index contributed by atoms with van der Waals surface area (Å²) < 4.78 is 0. The number of aromatic amines is 1. The van der Waals surface area contributed by atoms with Gasteiger partial charge in [-0.3, -0.25) is 9.59 Å². The van der Waals surface area contributed by atoms with Gasteiger partial charge in [-0.05, 0) is 31.4 Å². The van der Waals surface area contributed by atoms with E-state index in [4.69, 9.17) is 0 Å². The average Bonchev–Trinajstić information content (AvgIpc) is 3.27. The Balaban J connectivity index is 1.70. The van der Waals surface area contributed by atoms with Crippen molar-refractivity contribution >= 4 is 17.5 Å². The van der Waals surface area contributed by atoms with Crippen molar-refractivity contribution in [1.29, 1.82) is 0 Å². The van der Waals surface area contributed by atoms with Crippen LogP contribution in [-0.4, -0.2) is 39.3 Å². The first-order valence-electron chi connectivity index (χ1n) is 8.39. The van der Waals surface area contributed by atoms with Crippen molar-refractivity contribution in [3.8, 4) is 11.4 Å². The number of H-pyrrole nitrogens is 1. The van der Waals surface area contributed by atoms with Crippen LogP contribution in [0.5, 0.6) is 0 Å². The van der Waals surface area contributed by atoms with Gasteiger partial charge in [0.25, 0.3) is 0 Å². The maximum atomic E-state index is 12.6. The molecule has 1 aromatic carbocycles. The fourth-order valence-corrected chi connectivity index (χ4v) is 3.09. The molecule has 0 aliphatic carbocycles. The molecular weight excluding hydrogens is 304 g/mol. The molecule has 1 aliphatic heterocycles. The summed E-state index contributed by atoms with van der Waals surface area (Å²) >= 11 is 0. The van der Waals surface area contributed by atoms with Crippen molar-refractivity contribution in [2.75, 3.05) is 11.9 Å². The number of aromatic nitrogens is 2. The molecule has 6 heteroatoms. The van der Waals surface area contributed by atoms with E-state index in [0.717, 1.165) is 30.7 Å². The van der Waals surface area contributed by atoms with E-state index in [2.05, 4.69) is 15.3 Å². The van der Waals surface area contributed by atoms with Crippen LogP contribution in [0.4, 0.5) is 5.69 Å². The number of amides is 2. The number of likely N-dealkylation sites (tertiary alicyclic amines) is 1. The summed E-state index contributed by atoms with van der Waals surface area (Å²) in [7, 11) is 0. The predicted molar refractivity (Wildman–Crippen MR) is 92.3 cm³/mol. The largest absolute Gasteiger partial charge is 0.345 e. The summed E-state index contributed by atoms with van der Waals surface area (Å²) in [6.07, 6.45) is 6.35. The molecule has 1 aromatic heterocycles. The summed E-state index contributed by atoms with van der Waals surface area (Å²) in [6, 6.07) is 7.17. The molecule has 3 rings (SSSR count). The molecule has 2 amide bonds. The highest BCUT2D eigenvalue weighted by Crippen LogP contribution is 2.23. The number of benzene rings is 1. The zero-order valence-corrected chi connectivity index (χ0v) is 13.8. The Labute approximate surface area is 141 Å². The Bertz CT molecular complexity index is 712. The van der Waals surface area contributed by atoms with Gasteiger partial charge in [0.05, 0.1) is 0 Å². The molecule has 1 fully saturated rings. The lowest BCUT2D eigenvalue weighted by Gasteiger charge is -2.24. The molecule has 126 valence electrons. The van der Waals surface area contributed by atoms with E-state index in [-0.39, 0.29) is 17.9 Å². The van der Waals surface area contributed by atoms with Gasteiger partial charge < -0.3 is 15.2 Å². The van der Waals surface area contributed by atoms with Gasteiger partial charge in [-0.2, -0.15) is 0 Å².